The van der Waals surface area contributed by atoms with E-state index in [4.69, 9.17) is 11.8 Å². The summed E-state index contributed by atoms with van der Waals surface area (Å²) in [6.07, 6.45) is 2.24. The summed E-state index contributed by atoms with van der Waals surface area (Å²) in [7, 11) is 0. The highest BCUT2D eigenvalue weighted by Gasteiger charge is 2.20. The number of halogens is 1. The molecule has 0 radical (unpaired) electrons. The fourth-order valence-electron chi connectivity index (χ4n) is 0.382. The number of imide groups is 1. The van der Waals surface area contributed by atoms with Crippen molar-refractivity contribution in [2.75, 3.05) is 0 Å². The summed E-state index contributed by atoms with van der Waals surface area (Å²) in [4.78, 5) is 20.5. The van der Waals surface area contributed by atoms with E-state index in [1.54, 1.807) is 0 Å². The van der Waals surface area contributed by atoms with Gasteiger partial charge in [-0.3, -0.25) is 9.59 Å². The molecule has 1 aliphatic rings. The Labute approximate surface area is 50.6 Å². The van der Waals surface area contributed by atoms with Crippen molar-refractivity contribution in [2.24, 2.45) is 0 Å². The Kier molecular flexibility index (Phi) is 1.06. The molecule has 4 heteroatoms. The van der Waals surface area contributed by atoms with Gasteiger partial charge in [-0.25, -0.2) is 0 Å². The predicted octanol–water partition coefficient (Wildman–Crippen LogP) is 0.0652. The van der Waals surface area contributed by atoms with E-state index in [1.165, 1.54) is 0 Å². The summed E-state index contributed by atoms with van der Waals surface area (Å²) >= 11 is 5.08. The van der Waals surface area contributed by atoms with Crippen LogP contribution in [0.1, 0.15) is 0 Å². The second kappa shape index (κ2) is 1.59. The van der Waals surface area contributed by atoms with Crippen LogP contribution in [0, 0.1) is 0 Å². The molecule has 1 aliphatic heterocycles. The second-order valence-electron chi connectivity index (χ2n) is 1.29. The third-order valence-corrected chi connectivity index (χ3v) is 1.09. The van der Waals surface area contributed by atoms with E-state index in [0.29, 0.717) is 4.42 Å². The third kappa shape index (κ3) is 0.607. The Morgan fingerprint density at radius 1 is 1.25 bits per heavy atom. The summed E-state index contributed by atoms with van der Waals surface area (Å²) in [5, 5.41) is 0. The normalized spacial score (nSPS) is 18.4. The SMILES string of the molecule is O=C1C=CC(=O)N1Cl. The minimum Gasteiger partial charge on any atom is -0.268 e. The summed E-state index contributed by atoms with van der Waals surface area (Å²) in [5.74, 6) is -0.951. The van der Waals surface area contributed by atoms with E-state index in [2.05, 4.69) is 0 Å². The first-order chi connectivity index (χ1) is 3.72. The lowest BCUT2D eigenvalue weighted by atomic mass is 10.6. The Morgan fingerprint density at radius 2 is 1.62 bits per heavy atom. The molecule has 2 amide bonds. The molecule has 8 heavy (non-hydrogen) atoms. The molecule has 0 saturated heterocycles. The molecular formula is C4H2ClNO2. The summed E-state index contributed by atoms with van der Waals surface area (Å²) in [6.45, 7) is 0. The van der Waals surface area contributed by atoms with Crippen LogP contribution in [0.25, 0.3) is 0 Å². The molecule has 0 aromatic rings. The monoisotopic (exact) mass is 131 g/mol. The van der Waals surface area contributed by atoms with Gasteiger partial charge >= 0.3 is 0 Å². The van der Waals surface area contributed by atoms with Crippen LogP contribution >= 0.6 is 11.8 Å². The molecule has 0 N–H and O–H groups in total. The van der Waals surface area contributed by atoms with Gasteiger partial charge < -0.3 is 0 Å². The molecule has 1 heterocycles. The van der Waals surface area contributed by atoms with Crippen molar-refractivity contribution in [2.45, 2.75) is 0 Å². The van der Waals surface area contributed by atoms with Crippen molar-refractivity contribution in [1.29, 1.82) is 0 Å². The second-order valence-corrected chi connectivity index (χ2v) is 1.63. The Bertz CT molecular complexity index is 157. The number of carbonyl (C=O) groups is 2. The maximum atomic E-state index is 10.3. The molecule has 42 valence electrons. The lowest BCUT2D eigenvalue weighted by molar-refractivity contribution is -0.130. The van der Waals surface area contributed by atoms with Crippen molar-refractivity contribution in [3.63, 3.8) is 0 Å². The van der Waals surface area contributed by atoms with Crippen molar-refractivity contribution in [3.8, 4) is 0 Å². The molecule has 0 saturated carbocycles. The first kappa shape index (κ1) is 5.31. The highest BCUT2D eigenvalue weighted by Crippen LogP contribution is 2.04. The van der Waals surface area contributed by atoms with Gasteiger partial charge in [0.15, 0.2) is 0 Å². The Balaban J connectivity index is 2.84. The van der Waals surface area contributed by atoms with Crippen LogP contribution < -0.4 is 0 Å². The van der Waals surface area contributed by atoms with Crippen LogP contribution in [0.15, 0.2) is 12.2 Å². The Hall–Kier alpha value is -0.830. The van der Waals surface area contributed by atoms with Gasteiger partial charge in [-0.05, 0) is 0 Å². The smallest absolute Gasteiger partial charge is 0.268 e. The summed E-state index contributed by atoms with van der Waals surface area (Å²) in [5.41, 5.74) is 0. The maximum Gasteiger partial charge on any atom is 0.268 e. The minimum atomic E-state index is -0.475. The van der Waals surface area contributed by atoms with Gasteiger partial charge in [0.25, 0.3) is 11.8 Å². The minimum absolute atomic E-state index is 0.475. The van der Waals surface area contributed by atoms with Crippen LogP contribution in [0.4, 0.5) is 0 Å². The van der Waals surface area contributed by atoms with Gasteiger partial charge in [0.2, 0.25) is 0 Å². The van der Waals surface area contributed by atoms with E-state index in [1.807, 2.05) is 0 Å². The quantitative estimate of drug-likeness (QED) is 0.345. The van der Waals surface area contributed by atoms with E-state index in [0.717, 1.165) is 12.2 Å². The number of carbonyl (C=O) groups excluding carboxylic acids is 2. The highest BCUT2D eigenvalue weighted by molar-refractivity contribution is 6.35. The zero-order valence-electron chi connectivity index (χ0n) is 3.80. The maximum absolute atomic E-state index is 10.3. The number of rotatable bonds is 0. The molecule has 0 spiro atoms. The number of nitrogens with zero attached hydrogens (tertiary/aromatic N) is 1. The van der Waals surface area contributed by atoms with E-state index in [-0.39, 0.29) is 0 Å². The largest absolute Gasteiger partial charge is 0.268 e. The van der Waals surface area contributed by atoms with Crippen LogP contribution in [-0.4, -0.2) is 16.2 Å². The molecular weight excluding hydrogens is 130 g/mol. The van der Waals surface area contributed by atoms with Gasteiger partial charge in [-0.2, -0.15) is 4.42 Å². The first-order valence-corrected chi connectivity index (χ1v) is 2.27. The van der Waals surface area contributed by atoms with Gasteiger partial charge in [0.1, 0.15) is 0 Å². The zero-order valence-corrected chi connectivity index (χ0v) is 4.55. The van der Waals surface area contributed by atoms with Crippen LogP contribution in [0.3, 0.4) is 0 Å². The highest BCUT2D eigenvalue weighted by atomic mass is 35.5. The summed E-state index contributed by atoms with van der Waals surface area (Å²) in [6, 6.07) is 0. The van der Waals surface area contributed by atoms with Crippen molar-refractivity contribution < 1.29 is 9.59 Å². The summed E-state index contributed by atoms with van der Waals surface area (Å²) < 4.78 is 0.528. The van der Waals surface area contributed by atoms with Gasteiger partial charge in [0, 0.05) is 23.9 Å². The van der Waals surface area contributed by atoms with Crippen LogP contribution in [-0.2, 0) is 9.59 Å². The molecule has 0 atom stereocenters. The third-order valence-electron chi connectivity index (χ3n) is 0.755. The molecule has 0 bridgehead atoms. The van der Waals surface area contributed by atoms with Crippen molar-refractivity contribution >= 4 is 23.6 Å². The lowest BCUT2D eigenvalue weighted by Gasteiger charge is -1.96. The van der Waals surface area contributed by atoms with Gasteiger partial charge in [0.05, 0.1) is 0 Å². The molecule has 0 unspecified atom stereocenters. The number of hydrogen-bond acceptors (Lipinski definition) is 2. The Morgan fingerprint density at radius 3 is 1.75 bits per heavy atom. The average Bonchev–Trinajstić information content (AvgIpc) is 1.98. The van der Waals surface area contributed by atoms with E-state index in [9.17, 15) is 9.59 Å². The number of hydrogen-bond donors (Lipinski definition) is 0. The molecule has 0 aliphatic carbocycles. The first-order valence-electron chi connectivity index (χ1n) is 1.94. The molecule has 1 rings (SSSR count). The topological polar surface area (TPSA) is 37.4 Å². The fourth-order valence-corrected chi connectivity index (χ4v) is 0.495. The van der Waals surface area contributed by atoms with E-state index < -0.39 is 11.8 Å². The molecule has 0 fully saturated rings. The standard InChI is InChI=1S/C4H2ClNO2/c5-6-3(7)1-2-4(6)8/h1-2H. The average molecular weight is 132 g/mol. The van der Waals surface area contributed by atoms with E-state index >= 15 is 0 Å². The van der Waals surface area contributed by atoms with Crippen LogP contribution in [0.5, 0.6) is 0 Å². The zero-order chi connectivity index (χ0) is 6.15. The lowest BCUT2D eigenvalue weighted by Crippen LogP contribution is -2.18. The molecule has 0 aromatic heterocycles. The van der Waals surface area contributed by atoms with Crippen LogP contribution in [0.2, 0.25) is 0 Å². The predicted molar refractivity (Wildman–Crippen MR) is 26.8 cm³/mol. The van der Waals surface area contributed by atoms with Crippen molar-refractivity contribution in [3.05, 3.63) is 12.2 Å². The number of amides is 2. The van der Waals surface area contributed by atoms with Crippen molar-refractivity contribution in [1.82, 2.24) is 4.42 Å². The van der Waals surface area contributed by atoms with Gasteiger partial charge in [-0.1, -0.05) is 0 Å². The van der Waals surface area contributed by atoms with Gasteiger partial charge in [-0.15, -0.1) is 0 Å². The molecule has 0 aromatic carbocycles. The fraction of sp³-hybridized carbons (Fsp3) is 0. The molecule has 3 nitrogen and oxygen atoms in total.